The number of amides is 2. The molecule has 2 aromatic rings. The van der Waals surface area contributed by atoms with Crippen molar-refractivity contribution in [3.63, 3.8) is 0 Å². The van der Waals surface area contributed by atoms with Crippen molar-refractivity contribution in [2.75, 3.05) is 5.32 Å². The van der Waals surface area contributed by atoms with E-state index in [9.17, 15) is 13.2 Å². The molecule has 6 heteroatoms. The van der Waals surface area contributed by atoms with E-state index in [4.69, 9.17) is 0 Å². The Labute approximate surface area is 123 Å². The molecule has 0 atom stereocenters. The van der Waals surface area contributed by atoms with Crippen molar-refractivity contribution < 1.29 is 13.2 Å². The average molecular weight is 302 g/mol. The van der Waals surface area contributed by atoms with Crippen molar-refractivity contribution in [3.05, 3.63) is 59.7 Å². The molecule has 0 unspecified atom stereocenters. The highest BCUT2D eigenvalue weighted by Crippen LogP contribution is 2.33. The lowest BCUT2D eigenvalue weighted by Gasteiger charge is -2.29. The molecule has 5 nitrogen and oxygen atoms in total. The average Bonchev–Trinajstić information content (AvgIpc) is 2.46. The molecular weight excluding hydrogens is 288 g/mol. The fourth-order valence-corrected chi connectivity index (χ4v) is 3.86. The molecule has 0 saturated heterocycles. The maximum atomic E-state index is 12.6. The first kappa shape index (κ1) is 13.6. The minimum atomic E-state index is -3.83. The minimum Gasteiger partial charge on any atom is -0.305 e. The lowest BCUT2D eigenvalue weighted by atomic mass is 10.2. The molecule has 108 valence electrons. The Morgan fingerprint density at radius 1 is 1.05 bits per heavy atom. The molecule has 1 aliphatic rings. The van der Waals surface area contributed by atoms with Crippen LogP contribution in [0, 0.1) is 6.92 Å². The van der Waals surface area contributed by atoms with Crippen LogP contribution in [0.4, 0.5) is 10.5 Å². The second-order valence-corrected chi connectivity index (χ2v) is 6.71. The summed E-state index contributed by atoms with van der Waals surface area (Å²) in [5, 5.41) is 2.66. The van der Waals surface area contributed by atoms with Crippen molar-refractivity contribution in [3.8, 4) is 0 Å². The summed E-state index contributed by atoms with van der Waals surface area (Å²) in [5.74, 6) is 0. The minimum absolute atomic E-state index is 0.0163. The fourth-order valence-electron chi connectivity index (χ4n) is 2.32. The number of carbonyl (C=O) groups is 1. The quantitative estimate of drug-likeness (QED) is 0.927. The van der Waals surface area contributed by atoms with E-state index in [1.165, 1.54) is 6.07 Å². The first-order valence-electron chi connectivity index (χ1n) is 6.47. The van der Waals surface area contributed by atoms with Crippen LogP contribution in [0.2, 0.25) is 0 Å². The van der Waals surface area contributed by atoms with E-state index in [1.807, 2.05) is 18.2 Å². The van der Waals surface area contributed by atoms with Crippen LogP contribution in [0.5, 0.6) is 0 Å². The highest BCUT2D eigenvalue weighted by atomic mass is 32.2. The van der Waals surface area contributed by atoms with Gasteiger partial charge in [-0.2, -0.15) is 0 Å². The summed E-state index contributed by atoms with van der Waals surface area (Å²) in [6.45, 7) is 1.78. The highest BCUT2D eigenvalue weighted by Gasteiger charge is 2.37. The number of hydrogen-bond donors (Lipinski definition) is 1. The zero-order valence-electron chi connectivity index (χ0n) is 11.4. The van der Waals surface area contributed by atoms with Crippen molar-refractivity contribution >= 4 is 21.7 Å². The molecule has 0 saturated carbocycles. The van der Waals surface area contributed by atoms with Crippen LogP contribution in [0.1, 0.15) is 11.1 Å². The fraction of sp³-hybridized carbons (Fsp3) is 0.133. The van der Waals surface area contributed by atoms with Gasteiger partial charge in [-0.15, -0.1) is 0 Å². The van der Waals surface area contributed by atoms with Gasteiger partial charge in [0.1, 0.15) is 4.90 Å². The van der Waals surface area contributed by atoms with Gasteiger partial charge in [0.05, 0.1) is 12.2 Å². The van der Waals surface area contributed by atoms with E-state index in [2.05, 4.69) is 5.32 Å². The number of anilines is 1. The summed E-state index contributed by atoms with van der Waals surface area (Å²) in [5.41, 5.74) is 1.85. The number of para-hydroxylation sites is 1. The Kier molecular flexibility index (Phi) is 3.17. The predicted molar refractivity (Wildman–Crippen MR) is 79.4 cm³/mol. The van der Waals surface area contributed by atoms with Crippen LogP contribution in [-0.4, -0.2) is 18.8 Å². The Hall–Kier alpha value is -2.34. The standard InChI is InChI=1S/C15H14N2O3S/c1-11-6-5-9-13-14(11)16-15(18)17(21(13,19)20)10-12-7-3-2-4-8-12/h2-9H,10H2,1H3,(H,16,18). The van der Waals surface area contributed by atoms with E-state index >= 15 is 0 Å². The van der Waals surface area contributed by atoms with Crippen LogP contribution < -0.4 is 5.32 Å². The van der Waals surface area contributed by atoms with Gasteiger partial charge in [0.2, 0.25) is 0 Å². The van der Waals surface area contributed by atoms with Crippen molar-refractivity contribution in [2.45, 2.75) is 18.4 Å². The molecule has 0 fully saturated rings. The smallest absolute Gasteiger partial charge is 0.305 e. The number of carbonyl (C=O) groups excluding carboxylic acids is 1. The molecular formula is C15H14N2O3S. The van der Waals surface area contributed by atoms with Crippen molar-refractivity contribution in [1.82, 2.24) is 4.31 Å². The number of hydrogen-bond acceptors (Lipinski definition) is 3. The number of aryl methyl sites for hydroxylation is 1. The number of sulfonamides is 1. The molecule has 0 spiro atoms. The van der Waals surface area contributed by atoms with Crippen molar-refractivity contribution in [2.24, 2.45) is 0 Å². The summed E-state index contributed by atoms with van der Waals surface area (Å²) in [7, 11) is -3.83. The Morgan fingerprint density at radius 3 is 2.48 bits per heavy atom. The molecule has 2 aromatic carbocycles. The molecule has 0 radical (unpaired) electrons. The topological polar surface area (TPSA) is 66.5 Å². The number of benzene rings is 2. The predicted octanol–water partition coefficient (Wildman–Crippen LogP) is 2.73. The second-order valence-electron chi connectivity index (χ2n) is 4.88. The number of rotatable bonds is 2. The van der Waals surface area contributed by atoms with Gasteiger partial charge in [0.25, 0.3) is 10.0 Å². The first-order chi connectivity index (χ1) is 10.00. The van der Waals surface area contributed by atoms with Gasteiger partial charge in [0.15, 0.2) is 0 Å². The third-order valence-electron chi connectivity index (χ3n) is 3.43. The Bertz CT molecular complexity index is 801. The third-order valence-corrected chi connectivity index (χ3v) is 5.20. The molecule has 3 rings (SSSR count). The van der Waals surface area contributed by atoms with Gasteiger partial charge in [-0.05, 0) is 24.1 Å². The van der Waals surface area contributed by atoms with E-state index < -0.39 is 16.1 Å². The summed E-state index contributed by atoms with van der Waals surface area (Å²) in [6, 6.07) is 13.3. The molecule has 21 heavy (non-hydrogen) atoms. The Balaban J connectivity index is 2.06. The van der Waals surface area contributed by atoms with Gasteiger partial charge in [-0.3, -0.25) is 0 Å². The number of nitrogens with zero attached hydrogens (tertiary/aromatic N) is 1. The normalized spacial score (nSPS) is 16.2. The van der Waals surface area contributed by atoms with Gasteiger partial charge >= 0.3 is 6.03 Å². The van der Waals surface area contributed by atoms with Gasteiger partial charge < -0.3 is 5.32 Å². The zero-order valence-corrected chi connectivity index (χ0v) is 12.2. The first-order valence-corrected chi connectivity index (χ1v) is 7.91. The van der Waals surface area contributed by atoms with E-state index in [0.29, 0.717) is 5.69 Å². The number of fused-ring (bicyclic) bond motifs is 1. The third kappa shape index (κ3) is 2.27. The molecule has 1 heterocycles. The van der Waals surface area contributed by atoms with Crippen LogP contribution in [-0.2, 0) is 16.6 Å². The van der Waals surface area contributed by atoms with Crippen LogP contribution >= 0.6 is 0 Å². The SMILES string of the molecule is Cc1cccc2c1NC(=O)N(Cc1ccccc1)S2(=O)=O. The summed E-state index contributed by atoms with van der Waals surface area (Å²) in [6.07, 6.45) is 0. The maximum absolute atomic E-state index is 12.6. The molecule has 0 aliphatic carbocycles. The molecule has 0 bridgehead atoms. The maximum Gasteiger partial charge on any atom is 0.336 e. The zero-order chi connectivity index (χ0) is 15.0. The van der Waals surface area contributed by atoms with Crippen molar-refractivity contribution in [1.29, 1.82) is 0 Å². The van der Waals surface area contributed by atoms with Crippen LogP contribution in [0.25, 0.3) is 0 Å². The van der Waals surface area contributed by atoms with E-state index in [-0.39, 0.29) is 11.4 Å². The van der Waals surface area contributed by atoms with Crippen LogP contribution in [0.3, 0.4) is 0 Å². The van der Waals surface area contributed by atoms with E-state index in [1.54, 1.807) is 31.2 Å². The van der Waals surface area contributed by atoms with Gasteiger partial charge in [-0.1, -0.05) is 42.5 Å². The van der Waals surface area contributed by atoms with E-state index in [0.717, 1.165) is 15.4 Å². The number of nitrogens with one attached hydrogen (secondary N) is 1. The molecule has 0 aromatic heterocycles. The molecule has 1 aliphatic heterocycles. The summed E-state index contributed by atoms with van der Waals surface area (Å²) < 4.78 is 26.1. The highest BCUT2D eigenvalue weighted by molar-refractivity contribution is 7.90. The largest absolute Gasteiger partial charge is 0.336 e. The number of urea groups is 1. The monoisotopic (exact) mass is 302 g/mol. The van der Waals surface area contributed by atoms with Crippen LogP contribution in [0.15, 0.2) is 53.4 Å². The summed E-state index contributed by atoms with van der Waals surface area (Å²) in [4.78, 5) is 12.3. The second kappa shape index (κ2) is 4.89. The lowest BCUT2D eigenvalue weighted by molar-refractivity contribution is 0.233. The molecule has 1 N–H and O–H groups in total. The lowest BCUT2D eigenvalue weighted by Crippen LogP contribution is -2.43. The van der Waals surface area contributed by atoms with Gasteiger partial charge in [-0.25, -0.2) is 17.5 Å². The molecule has 2 amide bonds. The Morgan fingerprint density at radius 2 is 1.76 bits per heavy atom. The summed E-state index contributed by atoms with van der Waals surface area (Å²) >= 11 is 0. The van der Waals surface area contributed by atoms with Gasteiger partial charge in [0, 0.05) is 0 Å².